The standard InChI is InChI=1S/C23H27N5O3.2H2/c1-3-4-11-24-23-25-13-18-20(29)19(22(30)27-31-2)14-28(21(18)26-23)17-10-9-15-7-5-6-8-16(15)12-17;;/h9-10,12-14H,3-8,11H2,1-2H3,(H,27,30)(H,24,25,26);2*1H. The maximum absolute atomic E-state index is 13.0. The minimum atomic E-state index is -0.605. The van der Waals surface area contributed by atoms with Gasteiger partial charge in [0.2, 0.25) is 11.4 Å². The monoisotopic (exact) mass is 425 g/mol. The van der Waals surface area contributed by atoms with Gasteiger partial charge in [-0.3, -0.25) is 14.4 Å². The zero-order valence-electron chi connectivity index (χ0n) is 17.9. The van der Waals surface area contributed by atoms with Gasteiger partial charge in [0.05, 0.1) is 12.5 Å². The molecule has 0 spiro atoms. The summed E-state index contributed by atoms with van der Waals surface area (Å²) in [7, 11) is 1.33. The molecule has 31 heavy (non-hydrogen) atoms. The Balaban J connectivity index is 0.00000193. The predicted molar refractivity (Wildman–Crippen MR) is 124 cm³/mol. The van der Waals surface area contributed by atoms with E-state index in [9.17, 15) is 9.59 Å². The molecule has 2 heterocycles. The first-order chi connectivity index (χ1) is 15.1. The van der Waals surface area contributed by atoms with E-state index >= 15 is 0 Å². The van der Waals surface area contributed by atoms with E-state index in [0.717, 1.165) is 44.3 Å². The van der Waals surface area contributed by atoms with Gasteiger partial charge in [-0.05, 0) is 55.4 Å². The summed E-state index contributed by atoms with van der Waals surface area (Å²) in [6.07, 6.45) is 9.54. The van der Waals surface area contributed by atoms with Crippen LogP contribution in [0.3, 0.4) is 0 Å². The lowest BCUT2D eigenvalue weighted by atomic mass is 9.91. The van der Waals surface area contributed by atoms with E-state index < -0.39 is 11.3 Å². The highest BCUT2D eigenvalue weighted by Gasteiger charge is 2.19. The normalized spacial score (nSPS) is 13.1. The fourth-order valence-electron chi connectivity index (χ4n) is 3.95. The maximum atomic E-state index is 13.0. The molecule has 2 aromatic heterocycles. The van der Waals surface area contributed by atoms with Gasteiger partial charge in [0.1, 0.15) is 5.56 Å². The minimum Gasteiger partial charge on any atom is -0.354 e. The van der Waals surface area contributed by atoms with Crippen LogP contribution in [0.25, 0.3) is 16.7 Å². The van der Waals surface area contributed by atoms with Gasteiger partial charge in [-0.2, -0.15) is 4.98 Å². The molecular formula is C23H31N5O3. The number of benzene rings is 1. The van der Waals surface area contributed by atoms with Crippen molar-refractivity contribution >= 4 is 22.9 Å². The van der Waals surface area contributed by atoms with Gasteiger partial charge in [-0.25, -0.2) is 10.5 Å². The molecule has 1 aromatic carbocycles. The van der Waals surface area contributed by atoms with Crippen molar-refractivity contribution in [3.63, 3.8) is 0 Å². The van der Waals surface area contributed by atoms with Crippen LogP contribution >= 0.6 is 0 Å². The number of carbonyl (C=O) groups excluding carboxylic acids is 1. The molecule has 3 aromatic rings. The van der Waals surface area contributed by atoms with Crippen molar-refractivity contribution < 1.29 is 12.5 Å². The molecule has 0 saturated carbocycles. The van der Waals surface area contributed by atoms with Gasteiger partial charge in [0, 0.05) is 27.5 Å². The number of hydroxylamine groups is 1. The van der Waals surface area contributed by atoms with Crippen LogP contribution in [-0.4, -0.2) is 34.1 Å². The van der Waals surface area contributed by atoms with E-state index in [2.05, 4.69) is 39.8 Å². The van der Waals surface area contributed by atoms with Gasteiger partial charge in [0.25, 0.3) is 5.91 Å². The summed E-state index contributed by atoms with van der Waals surface area (Å²) in [5.41, 5.74) is 5.75. The van der Waals surface area contributed by atoms with Crippen molar-refractivity contribution in [1.29, 1.82) is 0 Å². The van der Waals surface area contributed by atoms with Gasteiger partial charge >= 0.3 is 0 Å². The first-order valence-corrected chi connectivity index (χ1v) is 10.7. The van der Waals surface area contributed by atoms with E-state index in [0.29, 0.717) is 11.6 Å². The molecule has 0 atom stereocenters. The maximum Gasteiger partial charge on any atom is 0.280 e. The second-order valence-electron chi connectivity index (χ2n) is 7.75. The minimum absolute atomic E-state index is 0. The summed E-state index contributed by atoms with van der Waals surface area (Å²) in [5, 5.41) is 3.49. The quantitative estimate of drug-likeness (QED) is 0.443. The molecule has 0 fully saturated rings. The van der Waals surface area contributed by atoms with Crippen LogP contribution in [0, 0.1) is 0 Å². The Morgan fingerprint density at radius 2 is 2.06 bits per heavy atom. The van der Waals surface area contributed by atoms with E-state index in [4.69, 9.17) is 4.84 Å². The zero-order valence-corrected chi connectivity index (χ0v) is 17.9. The summed E-state index contributed by atoms with van der Waals surface area (Å²) in [4.78, 5) is 39.1. The Morgan fingerprint density at radius 3 is 2.84 bits per heavy atom. The number of nitrogens with zero attached hydrogens (tertiary/aromatic N) is 3. The topological polar surface area (TPSA) is 98.1 Å². The Kier molecular flexibility index (Phi) is 6.27. The van der Waals surface area contributed by atoms with Crippen molar-refractivity contribution in [2.75, 3.05) is 19.0 Å². The lowest BCUT2D eigenvalue weighted by molar-refractivity contribution is 0.0536. The SMILES string of the molecule is CCCCNc1ncc2c(=O)c(C(=O)NOC)cn(-c3ccc4c(c3)CCCC4)c2n1.[HH].[HH]. The largest absolute Gasteiger partial charge is 0.354 e. The first-order valence-electron chi connectivity index (χ1n) is 10.7. The summed E-state index contributed by atoms with van der Waals surface area (Å²) >= 11 is 0. The second-order valence-corrected chi connectivity index (χ2v) is 7.75. The number of unbranched alkanes of at least 4 members (excludes halogenated alkanes) is 1. The van der Waals surface area contributed by atoms with E-state index in [-0.39, 0.29) is 13.8 Å². The molecule has 2 N–H and O–H groups in total. The number of hydrogen-bond acceptors (Lipinski definition) is 6. The highest BCUT2D eigenvalue weighted by Crippen LogP contribution is 2.25. The van der Waals surface area contributed by atoms with Crippen LogP contribution in [0.5, 0.6) is 0 Å². The van der Waals surface area contributed by atoms with Crippen LogP contribution in [-0.2, 0) is 17.7 Å². The Bertz CT molecular complexity index is 1180. The van der Waals surface area contributed by atoms with Crippen molar-refractivity contribution in [3.8, 4) is 5.69 Å². The molecule has 166 valence electrons. The smallest absolute Gasteiger partial charge is 0.280 e. The summed E-state index contributed by atoms with van der Waals surface area (Å²) in [6.45, 7) is 2.86. The third-order valence-electron chi connectivity index (χ3n) is 5.61. The predicted octanol–water partition coefficient (Wildman–Crippen LogP) is 3.65. The number of rotatable bonds is 7. The van der Waals surface area contributed by atoms with Crippen molar-refractivity contribution in [2.45, 2.75) is 45.4 Å². The van der Waals surface area contributed by atoms with Crippen molar-refractivity contribution in [3.05, 3.63) is 57.5 Å². The highest BCUT2D eigenvalue weighted by molar-refractivity contribution is 5.96. The Hall–Kier alpha value is -3.26. The number of carbonyl (C=O) groups is 1. The molecule has 0 bridgehead atoms. The number of nitrogens with one attached hydrogen (secondary N) is 2. The average Bonchev–Trinajstić information content (AvgIpc) is 2.79. The van der Waals surface area contributed by atoms with E-state index in [1.807, 2.05) is 6.07 Å². The summed E-state index contributed by atoms with van der Waals surface area (Å²) in [6, 6.07) is 6.27. The molecule has 4 rings (SSSR count). The lowest BCUT2D eigenvalue weighted by Crippen LogP contribution is -2.29. The highest BCUT2D eigenvalue weighted by atomic mass is 16.6. The molecule has 0 saturated heterocycles. The van der Waals surface area contributed by atoms with Crippen LogP contribution < -0.4 is 16.2 Å². The molecule has 0 radical (unpaired) electrons. The van der Waals surface area contributed by atoms with Gasteiger partial charge in [-0.15, -0.1) is 0 Å². The molecule has 0 unspecified atom stereocenters. The molecule has 0 aliphatic heterocycles. The van der Waals surface area contributed by atoms with E-state index in [1.54, 1.807) is 4.57 Å². The number of aryl methyl sites for hydroxylation is 2. The number of amides is 1. The Labute approximate surface area is 183 Å². The van der Waals surface area contributed by atoms with Crippen LogP contribution in [0.4, 0.5) is 5.95 Å². The van der Waals surface area contributed by atoms with Gasteiger partial charge in [-0.1, -0.05) is 19.4 Å². The average molecular weight is 426 g/mol. The van der Waals surface area contributed by atoms with Gasteiger partial charge < -0.3 is 9.88 Å². The Morgan fingerprint density at radius 1 is 1.26 bits per heavy atom. The molecule has 1 aliphatic carbocycles. The summed E-state index contributed by atoms with van der Waals surface area (Å²) < 4.78 is 1.79. The molecular weight excluding hydrogens is 394 g/mol. The fourth-order valence-corrected chi connectivity index (χ4v) is 3.95. The van der Waals surface area contributed by atoms with Crippen LogP contribution in [0.1, 0.15) is 56.9 Å². The van der Waals surface area contributed by atoms with Crippen LogP contribution in [0.15, 0.2) is 35.4 Å². The lowest BCUT2D eigenvalue weighted by Gasteiger charge is -2.19. The zero-order chi connectivity index (χ0) is 21.8. The van der Waals surface area contributed by atoms with Crippen molar-refractivity contribution in [2.24, 2.45) is 0 Å². The number of anilines is 1. The third-order valence-corrected chi connectivity index (χ3v) is 5.61. The number of hydrogen-bond donors (Lipinski definition) is 2. The second kappa shape index (κ2) is 9.26. The third kappa shape index (κ3) is 4.29. The van der Waals surface area contributed by atoms with Crippen LogP contribution in [0.2, 0.25) is 0 Å². The number of fused-ring (bicyclic) bond motifs is 2. The number of pyridine rings is 1. The first kappa shape index (κ1) is 21.0. The van der Waals surface area contributed by atoms with E-state index in [1.165, 1.54) is 37.1 Å². The fraction of sp³-hybridized carbons (Fsp3) is 0.391. The molecule has 1 amide bonds. The summed E-state index contributed by atoms with van der Waals surface area (Å²) in [5.74, 6) is -0.146. The van der Waals surface area contributed by atoms with Crippen molar-refractivity contribution in [1.82, 2.24) is 20.0 Å². The molecule has 8 nitrogen and oxygen atoms in total. The number of aromatic nitrogens is 3. The molecule has 8 heteroatoms. The van der Waals surface area contributed by atoms with Gasteiger partial charge in [0.15, 0.2) is 5.65 Å². The molecule has 1 aliphatic rings.